The van der Waals surface area contributed by atoms with Gasteiger partial charge in [0.15, 0.2) is 0 Å². The summed E-state index contributed by atoms with van der Waals surface area (Å²) in [5.41, 5.74) is 1.22. The largest absolute Gasteiger partial charge is 0.508 e. The van der Waals surface area contributed by atoms with Crippen molar-refractivity contribution >= 4 is 33.2 Å². The molecular formula is C14H12BrClFNO2. The quantitative estimate of drug-likeness (QED) is 0.735. The minimum Gasteiger partial charge on any atom is -0.508 e. The number of hydrogen-bond acceptors (Lipinski definition) is 3. The third-order valence-corrected chi connectivity index (χ3v) is 3.72. The first kappa shape index (κ1) is 14.9. The minimum absolute atomic E-state index is 0.0297. The van der Waals surface area contributed by atoms with Gasteiger partial charge in [0.05, 0.1) is 10.7 Å². The van der Waals surface area contributed by atoms with E-state index in [1.807, 2.05) is 6.92 Å². The zero-order chi connectivity index (χ0) is 14.9. The maximum Gasteiger partial charge on any atom is 0.125 e. The van der Waals surface area contributed by atoms with Crippen LogP contribution in [-0.2, 0) is 0 Å². The lowest BCUT2D eigenvalue weighted by Gasteiger charge is -2.18. The van der Waals surface area contributed by atoms with E-state index in [9.17, 15) is 14.6 Å². The Morgan fingerprint density at radius 3 is 2.30 bits per heavy atom. The molecule has 2 aromatic rings. The first-order valence-electron chi connectivity index (χ1n) is 5.81. The van der Waals surface area contributed by atoms with Crippen LogP contribution in [0.1, 0.15) is 18.5 Å². The second-order valence-corrected chi connectivity index (χ2v) is 5.65. The SMILES string of the molecule is CC(Nc1c(Cl)cc(F)cc1Br)c1cc(O)cc(O)c1. The van der Waals surface area contributed by atoms with E-state index in [-0.39, 0.29) is 22.6 Å². The molecule has 106 valence electrons. The predicted octanol–water partition coefficient (Wildman–Crippen LogP) is 4.83. The van der Waals surface area contributed by atoms with E-state index in [1.54, 1.807) is 0 Å². The van der Waals surface area contributed by atoms with Crippen LogP contribution < -0.4 is 5.32 Å². The number of aromatic hydroxyl groups is 2. The van der Waals surface area contributed by atoms with Gasteiger partial charge in [-0.25, -0.2) is 4.39 Å². The van der Waals surface area contributed by atoms with Crippen LogP contribution in [0.15, 0.2) is 34.8 Å². The Balaban J connectivity index is 2.30. The number of phenols is 2. The van der Waals surface area contributed by atoms with Crippen molar-refractivity contribution in [3.8, 4) is 11.5 Å². The number of anilines is 1. The van der Waals surface area contributed by atoms with E-state index in [2.05, 4.69) is 21.2 Å². The van der Waals surface area contributed by atoms with Crippen LogP contribution in [0.2, 0.25) is 5.02 Å². The van der Waals surface area contributed by atoms with Crippen LogP contribution in [0.25, 0.3) is 0 Å². The Bertz CT molecular complexity index is 608. The molecule has 1 unspecified atom stereocenters. The maximum absolute atomic E-state index is 13.2. The lowest BCUT2D eigenvalue weighted by molar-refractivity contribution is 0.448. The van der Waals surface area contributed by atoms with Gasteiger partial charge < -0.3 is 15.5 Å². The first-order chi connectivity index (χ1) is 9.36. The fraction of sp³-hybridized carbons (Fsp3) is 0.143. The summed E-state index contributed by atoms with van der Waals surface area (Å²) in [4.78, 5) is 0. The summed E-state index contributed by atoms with van der Waals surface area (Å²) in [6.07, 6.45) is 0. The van der Waals surface area contributed by atoms with Gasteiger partial charge in [0.2, 0.25) is 0 Å². The van der Waals surface area contributed by atoms with E-state index in [0.717, 1.165) is 0 Å². The molecule has 2 aromatic carbocycles. The number of halogens is 3. The van der Waals surface area contributed by atoms with Crippen molar-refractivity contribution in [2.45, 2.75) is 13.0 Å². The molecule has 0 saturated carbocycles. The highest BCUT2D eigenvalue weighted by molar-refractivity contribution is 9.10. The normalized spacial score (nSPS) is 12.2. The molecule has 0 aliphatic heterocycles. The molecule has 0 radical (unpaired) electrons. The van der Waals surface area contributed by atoms with Gasteiger partial charge in [0, 0.05) is 16.6 Å². The van der Waals surface area contributed by atoms with Gasteiger partial charge in [0.1, 0.15) is 17.3 Å². The van der Waals surface area contributed by atoms with Crippen LogP contribution in [0.3, 0.4) is 0 Å². The van der Waals surface area contributed by atoms with E-state index in [0.29, 0.717) is 15.7 Å². The molecule has 0 fully saturated rings. The smallest absolute Gasteiger partial charge is 0.125 e. The molecule has 0 amide bonds. The number of rotatable bonds is 3. The van der Waals surface area contributed by atoms with Gasteiger partial charge in [-0.15, -0.1) is 0 Å². The van der Waals surface area contributed by atoms with Crippen LogP contribution >= 0.6 is 27.5 Å². The molecule has 20 heavy (non-hydrogen) atoms. The van der Waals surface area contributed by atoms with Crippen molar-refractivity contribution in [1.82, 2.24) is 0 Å². The van der Waals surface area contributed by atoms with E-state index < -0.39 is 5.82 Å². The van der Waals surface area contributed by atoms with Gasteiger partial charge in [-0.05, 0) is 52.7 Å². The summed E-state index contributed by atoms with van der Waals surface area (Å²) in [6, 6.07) is 6.58. The molecule has 6 heteroatoms. The fourth-order valence-corrected chi connectivity index (χ4v) is 2.77. The Hall–Kier alpha value is -1.46. The van der Waals surface area contributed by atoms with Gasteiger partial charge in [-0.3, -0.25) is 0 Å². The van der Waals surface area contributed by atoms with E-state index >= 15 is 0 Å². The molecule has 0 bridgehead atoms. The molecule has 0 aliphatic carbocycles. The van der Waals surface area contributed by atoms with Gasteiger partial charge in [-0.2, -0.15) is 0 Å². The average Bonchev–Trinajstić information content (AvgIpc) is 2.32. The maximum atomic E-state index is 13.2. The molecule has 0 saturated heterocycles. The number of nitrogens with one attached hydrogen (secondary N) is 1. The van der Waals surface area contributed by atoms with Gasteiger partial charge >= 0.3 is 0 Å². The zero-order valence-corrected chi connectivity index (χ0v) is 12.8. The minimum atomic E-state index is -0.435. The monoisotopic (exact) mass is 359 g/mol. The van der Waals surface area contributed by atoms with E-state index in [4.69, 9.17) is 11.6 Å². The third kappa shape index (κ3) is 3.35. The fourth-order valence-electron chi connectivity index (χ4n) is 1.85. The highest BCUT2D eigenvalue weighted by Gasteiger charge is 2.13. The van der Waals surface area contributed by atoms with Crippen LogP contribution in [0, 0.1) is 5.82 Å². The first-order valence-corrected chi connectivity index (χ1v) is 6.98. The van der Waals surface area contributed by atoms with Crippen LogP contribution in [0.5, 0.6) is 11.5 Å². The summed E-state index contributed by atoms with van der Waals surface area (Å²) in [5.74, 6) is -0.495. The topological polar surface area (TPSA) is 52.5 Å². The van der Waals surface area contributed by atoms with Crippen LogP contribution in [-0.4, -0.2) is 10.2 Å². The van der Waals surface area contributed by atoms with E-state index in [1.165, 1.54) is 30.3 Å². The van der Waals surface area contributed by atoms with Crippen molar-refractivity contribution in [3.63, 3.8) is 0 Å². The molecule has 1 atom stereocenters. The molecule has 0 aromatic heterocycles. The van der Waals surface area contributed by atoms with Gasteiger partial charge in [0.25, 0.3) is 0 Å². The lowest BCUT2D eigenvalue weighted by Crippen LogP contribution is -2.07. The van der Waals surface area contributed by atoms with Crippen LogP contribution in [0.4, 0.5) is 10.1 Å². The Labute approximate surface area is 129 Å². The van der Waals surface area contributed by atoms with Crippen molar-refractivity contribution in [1.29, 1.82) is 0 Å². The highest BCUT2D eigenvalue weighted by atomic mass is 79.9. The highest BCUT2D eigenvalue weighted by Crippen LogP contribution is 2.35. The Morgan fingerprint density at radius 2 is 1.75 bits per heavy atom. The molecule has 3 N–H and O–H groups in total. The number of phenolic OH excluding ortho intramolecular Hbond substituents is 2. The summed E-state index contributed by atoms with van der Waals surface area (Å²) in [5, 5.41) is 22.3. The standard InChI is InChI=1S/C14H12BrClFNO2/c1-7(8-2-10(19)6-11(20)3-8)18-14-12(15)4-9(17)5-13(14)16/h2-7,18-20H,1H3. The summed E-state index contributed by atoms with van der Waals surface area (Å²) in [7, 11) is 0. The summed E-state index contributed by atoms with van der Waals surface area (Å²) >= 11 is 9.24. The van der Waals surface area contributed by atoms with Crippen molar-refractivity contribution in [3.05, 3.63) is 51.2 Å². The Kier molecular flexibility index (Phi) is 4.40. The van der Waals surface area contributed by atoms with Crippen molar-refractivity contribution in [2.75, 3.05) is 5.32 Å². The van der Waals surface area contributed by atoms with Gasteiger partial charge in [-0.1, -0.05) is 11.6 Å². The molecule has 0 heterocycles. The predicted molar refractivity (Wildman–Crippen MR) is 80.9 cm³/mol. The van der Waals surface area contributed by atoms with Crippen molar-refractivity contribution < 1.29 is 14.6 Å². The molecule has 3 nitrogen and oxygen atoms in total. The summed E-state index contributed by atoms with van der Waals surface area (Å²) in [6.45, 7) is 1.83. The van der Waals surface area contributed by atoms with Crippen molar-refractivity contribution in [2.24, 2.45) is 0 Å². The average molecular weight is 361 g/mol. The molecule has 2 rings (SSSR count). The number of hydrogen-bond donors (Lipinski definition) is 3. The molecule has 0 spiro atoms. The summed E-state index contributed by atoms with van der Waals surface area (Å²) < 4.78 is 13.7. The second kappa shape index (κ2) is 5.89. The lowest BCUT2D eigenvalue weighted by atomic mass is 10.1. The Morgan fingerprint density at radius 1 is 1.15 bits per heavy atom. The second-order valence-electron chi connectivity index (χ2n) is 4.39. The molecule has 0 aliphatic rings. The molecular weight excluding hydrogens is 349 g/mol. The number of benzene rings is 2. The third-order valence-electron chi connectivity index (χ3n) is 2.79. The zero-order valence-electron chi connectivity index (χ0n) is 10.5.